The Hall–Kier alpha value is -3.88. The largest absolute Gasteiger partial charge is 0.310 e. The van der Waals surface area contributed by atoms with Gasteiger partial charge in [-0.05, 0) is 29.8 Å². The maximum atomic E-state index is 12.0. The van der Waals surface area contributed by atoms with E-state index in [2.05, 4.69) is 20.5 Å². The molecule has 1 heterocycles. The lowest BCUT2D eigenvalue weighted by Gasteiger charge is -2.02. The maximum Gasteiger partial charge on any atom is 0.269 e. The minimum absolute atomic E-state index is 0.0203. The van der Waals surface area contributed by atoms with Gasteiger partial charge in [-0.3, -0.25) is 19.7 Å². The fraction of sp³-hybridized carbons (Fsp3) is 0.111. The van der Waals surface area contributed by atoms with Crippen LogP contribution < -0.4 is 11.0 Å². The molecule has 1 aromatic heterocycles. The lowest BCUT2D eigenvalue weighted by molar-refractivity contribution is -0.384. The van der Waals surface area contributed by atoms with E-state index in [0.717, 1.165) is 0 Å². The lowest BCUT2D eigenvalue weighted by Crippen LogP contribution is -2.19. The van der Waals surface area contributed by atoms with Crippen molar-refractivity contribution in [1.82, 2.24) is 15.4 Å². The molecule has 2 N–H and O–H groups in total. The zero-order valence-electron chi connectivity index (χ0n) is 14.1. The number of aromatic amines is 1. The molecule has 136 valence electrons. The summed E-state index contributed by atoms with van der Waals surface area (Å²) in [7, 11) is 0. The van der Waals surface area contributed by atoms with Gasteiger partial charge in [0.25, 0.3) is 11.2 Å². The summed E-state index contributed by atoms with van der Waals surface area (Å²) in [6.45, 7) is 0. The zero-order chi connectivity index (χ0) is 19.2. The molecule has 0 unspecified atom stereocenters. The van der Waals surface area contributed by atoms with Crippen LogP contribution in [-0.4, -0.2) is 27.0 Å². The summed E-state index contributed by atoms with van der Waals surface area (Å²) < 4.78 is 0. The molecule has 0 bridgehead atoms. The van der Waals surface area contributed by atoms with Crippen LogP contribution in [0, 0.1) is 10.1 Å². The molecule has 0 aliphatic carbocycles. The molecule has 0 saturated heterocycles. The van der Waals surface area contributed by atoms with E-state index in [0.29, 0.717) is 22.3 Å². The molecule has 1 amide bonds. The predicted octanol–water partition coefficient (Wildman–Crippen LogP) is 1.91. The standard InChI is InChI=1S/C18H15N5O4/c24-17(22-19-11-12-5-7-13(8-6-12)23(26)27)10-9-16-20-15-4-2-1-3-14(15)18(25)21-16/h1-8,11H,9-10H2,(H,22,24)(H,20,21,25)/b19-11+. The highest BCUT2D eigenvalue weighted by molar-refractivity contribution is 5.82. The van der Waals surface area contributed by atoms with Crippen molar-refractivity contribution < 1.29 is 9.72 Å². The third-order valence-corrected chi connectivity index (χ3v) is 3.76. The lowest BCUT2D eigenvalue weighted by atomic mass is 10.2. The van der Waals surface area contributed by atoms with Crippen molar-refractivity contribution >= 4 is 28.7 Å². The Morgan fingerprint density at radius 2 is 1.96 bits per heavy atom. The third-order valence-electron chi connectivity index (χ3n) is 3.76. The van der Waals surface area contributed by atoms with E-state index in [-0.39, 0.29) is 30.0 Å². The van der Waals surface area contributed by atoms with Crippen LogP contribution in [0.3, 0.4) is 0 Å². The number of nitrogens with zero attached hydrogens (tertiary/aromatic N) is 3. The molecule has 0 aliphatic rings. The van der Waals surface area contributed by atoms with Gasteiger partial charge in [-0.15, -0.1) is 0 Å². The molecule has 0 fully saturated rings. The van der Waals surface area contributed by atoms with Gasteiger partial charge in [-0.25, -0.2) is 10.4 Å². The van der Waals surface area contributed by atoms with Gasteiger partial charge in [0, 0.05) is 25.0 Å². The Bertz CT molecular complexity index is 1070. The van der Waals surface area contributed by atoms with Crippen molar-refractivity contribution in [3.63, 3.8) is 0 Å². The Morgan fingerprint density at radius 1 is 1.22 bits per heavy atom. The number of non-ortho nitro benzene ring substituents is 1. The van der Waals surface area contributed by atoms with Crippen LogP contribution in [0.4, 0.5) is 5.69 Å². The van der Waals surface area contributed by atoms with Gasteiger partial charge in [0.1, 0.15) is 5.82 Å². The summed E-state index contributed by atoms with van der Waals surface area (Å²) in [6, 6.07) is 12.7. The van der Waals surface area contributed by atoms with Crippen LogP contribution >= 0.6 is 0 Å². The summed E-state index contributed by atoms with van der Waals surface area (Å²) in [5.74, 6) is 0.0807. The number of hydrogen-bond acceptors (Lipinski definition) is 6. The Kier molecular flexibility index (Phi) is 5.31. The van der Waals surface area contributed by atoms with E-state index in [9.17, 15) is 19.7 Å². The van der Waals surface area contributed by atoms with Crippen molar-refractivity contribution in [3.8, 4) is 0 Å². The first-order chi connectivity index (χ1) is 13.0. The number of carbonyl (C=O) groups is 1. The van der Waals surface area contributed by atoms with Crippen LogP contribution in [0.1, 0.15) is 17.8 Å². The smallest absolute Gasteiger partial charge is 0.269 e. The second-order valence-electron chi connectivity index (χ2n) is 5.67. The number of para-hydroxylation sites is 1. The van der Waals surface area contributed by atoms with E-state index in [4.69, 9.17) is 0 Å². The Morgan fingerprint density at radius 3 is 2.70 bits per heavy atom. The normalized spacial score (nSPS) is 11.0. The molecule has 0 saturated carbocycles. The van der Waals surface area contributed by atoms with E-state index < -0.39 is 4.92 Å². The van der Waals surface area contributed by atoms with Crippen LogP contribution in [0.2, 0.25) is 0 Å². The number of H-pyrrole nitrogens is 1. The van der Waals surface area contributed by atoms with Gasteiger partial charge in [-0.1, -0.05) is 12.1 Å². The zero-order valence-corrected chi connectivity index (χ0v) is 14.1. The number of nitro groups is 1. The Balaban J connectivity index is 1.55. The minimum Gasteiger partial charge on any atom is -0.310 e. The second kappa shape index (κ2) is 8.00. The highest BCUT2D eigenvalue weighted by Gasteiger charge is 2.06. The van der Waals surface area contributed by atoms with Crippen LogP contribution in [0.5, 0.6) is 0 Å². The number of carbonyl (C=O) groups excluding carboxylic acids is 1. The molecule has 0 atom stereocenters. The summed E-state index contributed by atoms with van der Waals surface area (Å²) in [5.41, 5.74) is 3.29. The van der Waals surface area contributed by atoms with Gasteiger partial charge >= 0.3 is 0 Å². The van der Waals surface area contributed by atoms with Crippen molar-refractivity contribution in [2.45, 2.75) is 12.8 Å². The summed E-state index contributed by atoms with van der Waals surface area (Å²) >= 11 is 0. The predicted molar refractivity (Wildman–Crippen MR) is 99.5 cm³/mol. The number of aryl methyl sites for hydroxylation is 1. The number of rotatable bonds is 6. The number of nitrogens with one attached hydrogen (secondary N) is 2. The van der Waals surface area contributed by atoms with Gasteiger partial charge in [0.15, 0.2) is 0 Å². The highest BCUT2D eigenvalue weighted by atomic mass is 16.6. The number of fused-ring (bicyclic) bond motifs is 1. The first-order valence-electron chi connectivity index (χ1n) is 8.07. The molecule has 9 heteroatoms. The summed E-state index contributed by atoms with van der Waals surface area (Å²) in [5, 5.41) is 14.9. The molecule has 0 aliphatic heterocycles. The average molecular weight is 365 g/mol. The fourth-order valence-corrected chi connectivity index (χ4v) is 2.40. The maximum absolute atomic E-state index is 12.0. The molecule has 27 heavy (non-hydrogen) atoms. The first kappa shape index (κ1) is 17.9. The van der Waals surface area contributed by atoms with Gasteiger partial charge in [0.2, 0.25) is 5.91 Å². The van der Waals surface area contributed by atoms with Crippen LogP contribution in [0.15, 0.2) is 58.4 Å². The fourth-order valence-electron chi connectivity index (χ4n) is 2.40. The topological polar surface area (TPSA) is 130 Å². The van der Waals surface area contributed by atoms with Crippen molar-refractivity contribution in [3.05, 3.63) is 80.4 Å². The van der Waals surface area contributed by atoms with Crippen molar-refractivity contribution in [2.24, 2.45) is 5.10 Å². The molecule has 0 spiro atoms. The van der Waals surface area contributed by atoms with Crippen LogP contribution in [0.25, 0.3) is 10.9 Å². The quantitative estimate of drug-likeness (QED) is 0.391. The van der Waals surface area contributed by atoms with Crippen molar-refractivity contribution in [1.29, 1.82) is 0 Å². The molecular formula is C18H15N5O4. The van der Waals surface area contributed by atoms with E-state index >= 15 is 0 Å². The van der Waals surface area contributed by atoms with E-state index in [1.54, 1.807) is 24.3 Å². The SMILES string of the molecule is O=C(CCc1nc2ccccc2c(=O)[nH]1)N/N=C/c1ccc([N+](=O)[O-])cc1. The third kappa shape index (κ3) is 4.60. The highest BCUT2D eigenvalue weighted by Crippen LogP contribution is 2.10. The number of benzene rings is 2. The summed E-state index contributed by atoms with van der Waals surface area (Å²) in [4.78, 5) is 40.9. The molecule has 2 aromatic carbocycles. The molecule has 0 radical (unpaired) electrons. The molecular weight excluding hydrogens is 350 g/mol. The second-order valence-corrected chi connectivity index (χ2v) is 5.67. The van der Waals surface area contributed by atoms with Crippen molar-refractivity contribution in [2.75, 3.05) is 0 Å². The average Bonchev–Trinajstić information content (AvgIpc) is 2.67. The number of aromatic nitrogens is 2. The molecule has 3 rings (SSSR count). The van der Waals surface area contributed by atoms with Gasteiger partial charge < -0.3 is 4.98 Å². The Labute approximate surface area is 152 Å². The molecule has 9 nitrogen and oxygen atoms in total. The first-order valence-corrected chi connectivity index (χ1v) is 8.07. The van der Waals surface area contributed by atoms with E-state index in [1.165, 1.54) is 30.5 Å². The van der Waals surface area contributed by atoms with Gasteiger partial charge in [-0.2, -0.15) is 5.10 Å². The molecule has 3 aromatic rings. The number of hydrogen-bond donors (Lipinski definition) is 2. The van der Waals surface area contributed by atoms with E-state index in [1.807, 2.05) is 0 Å². The number of amides is 1. The van der Waals surface area contributed by atoms with Crippen LogP contribution in [-0.2, 0) is 11.2 Å². The number of nitro benzene ring substituents is 1. The summed E-state index contributed by atoms with van der Waals surface area (Å²) in [6.07, 6.45) is 1.75. The monoisotopic (exact) mass is 365 g/mol. The van der Waals surface area contributed by atoms with Gasteiger partial charge in [0.05, 0.1) is 22.0 Å². The number of hydrazone groups is 1. The minimum atomic E-state index is -0.492.